The van der Waals surface area contributed by atoms with E-state index in [9.17, 15) is 5.11 Å². The summed E-state index contributed by atoms with van der Waals surface area (Å²) in [5.41, 5.74) is 4.92. The van der Waals surface area contributed by atoms with E-state index >= 15 is 0 Å². The Hall–Kier alpha value is -1.63. The Morgan fingerprint density at radius 3 is 2.55 bits per heavy atom. The quantitative estimate of drug-likeness (QED) is 0.699. The van der Waals surface area contributed by atoms with Crippen molar-refractivity contribution < 1.29 is 9.84 Å². The van der Waals surface area contributed by atoms with Gasteiger partial charge in [-0.05, 0) is 19.8 Å². The molecular formula is C13H23N5O2. The maximum Gasteiger partial charge on any atom is 0.323 e. The van der Waals surface area contributed by atoms with E-state index in [1.807, 2.05) is 6.92 Å². The fourth-order valence-electron chi connectivity index (χ4n) is 2.45. The zero-order valence-electron chi connectivity index (χ0n) is 11.9. The van der Waals surface area contributed by atoms with Gasteiger partial charge in [0.05, 0.1) is 12.2 Å². The maximum atomic E-state index is 10.6. The summed E-state index contributed by atoms with van der Waals surface area (Å²) in [6.07, 6.45) is 6.10. The van der Waals surface area contributed by atoms with Gasteiger partial charge in [0, 0.05) is 6.54 Å². The van der Waals surface area contributed by atoms with Gasteiger partial charge in [0.25, 0.3) is 0 Å². The average molecular weight is 281 g/mol. The standard InChI is InChI=1S/C13H23N5O2/c1-2-20-12-17-10(14)16-11(18-12)15-9-13(19)7-5-3-4-6-8-13/h19H,2-9H2,1H3,(H3,14,15,16,17,18). The summed E-state index contributed by atoms with van der Waals surface area (Å²) in [5, 5.41) is 13.6. The second-order valence-corrected chi connectivity index (χ2v) is 5.22. The first-order chi connectivity index (χ1) is 9.61. The van der Waals surface area contributed by atoms with Crippen LogP contribution in [0.1, 0.15) is 45.4 Å². The van der Waals surface area contributed by atoms with Crippen molar-refractivity contribution in [3.8, 4) is 6.01 Å². The topological polar surface area (TPSA) is 106 Å². The van der Waals surface area contributed by atoms with Crippen molar-refractivity contribution in [2.45, 2.75) is 51.0 Å². The van der Waals surface area contributed by atoms with Gasteiger partial charge in [-0.3, -0.25) is 0 Å². The summed E-state index contributed by atoms with van der Waals surface area (Å²) < 4.78 is 5.22. The van der Waals surface area contributed by atoms with E-state index < -0.39 is 5.60 Å². The van der Waals surface area contributed by atoms with Crippen LogP contribution in [0.3, 0.4) is 0 Å². The van der Waals surface area contributed by atoms with Crippen LogP contribution in [0.15, 0.2) is 0 Å². The van der Waals surface area contributed by atoms with Crippen molar-refractivity contribution in [3.05, 3.63) is 0 Å². The number of nitrogens with zero attached hydrogens (tertiary/aromatic N) is 3. The molecule has 1 fully saturated rings. The van der Waals surface area contributed by atoms with Crippen LogP contribution < -0.4 is 15.8 Å². The number of rotatable bonds is 5. The monoisotopic (exact) mass is 281 g/mol. The van der Waals surface area contributed by atoms with Crippen molar-refractivity contribution >= 4 is 11.9 Å². The number of anilines is 2. The van der Waals surface area contributed by atoms with Crippen LogP contribution in [0.5, 0.6) is 6.01 Å². The van der Waals surface area contributed by atoms with Crippen molar-refractivity contribution in [3.63, 3.8) is 0 Å². The fourth-order valence-corrected chi connectivity index (χ4v) is 2.45. The molecule has 1 aliphatic rings. The molecule has 0 spiro atoms. The van der Waals surface area contributed by atoms with Crippen LogP contribution in [0.4, 0.5) is 11.9 Å². The fraction of sp³-hybridized carbons (Fsp3) is 0.769. The number of nitrogens with one attached hydrogen (secondary N) is 1. The smallest absolute Gasteiger partial charge is 0.323 e. The minimum atomic E-state index is -0.691. The molecule has 1 saturated carbocycles. The number of hydrogen-bond donors (Lipinski definition) is 3. The van der Waals surface area contributed by atoms with Crippen LogP contribution >= 0.6 is 0 Å². The molecule has 0 bridgehead atoms. The third-order valence-electron chi connectivity index (χ3n) is 3.52. The van der Waals surface area contributed by atoms with E-state index in [2.05, 4.69) is 20.3 Å². The first kappa shape index (κ1) is 14.8. The number of aromatic nitrogens is 3. The van der Waals surface area contributed by atoms with Crippen LogP contribution in [0.25, 0.3) is 0 Å². The molecule has 0 unspecified atom stereocenters. The van der Waals surface area contributed by atoms with Gasteiger partial charge in [-0.1, -0.05) is 25.7 Å². The SMILES string of the molecule is CCOc1nc(N)nc(NCC2(O)CCCCCC2)n1. The van der Waals surface area contributed by atoms with Gasteiger partial charge in [-0.2, -0.15) is 15.0 Å². The second kappa shape index (κ2) is 6.69. The number of ether oxygens (including phenoxy) is 1. The number of hydrogen-bond acceptors (Lipinski definition) is 7. The molecule has 0 amide bonds. The summed E-state index contributed by atoms with van der Waals surface area (Å²) in [6, 6.07) is 0.204. The zero-order chi connectivity index (χ0) is 14.4. The molecule has 20 heavy (non-hydrogen) atoms. The summed E-state index contributed by atoms with van der Waals surface area (Å²) in [6.45, 7) is 2.73. The molecule has 4 N–H and O–H groups in total. The lowest BCUT2D eigenvalue weighted by Crippen LogP contribution is -2.36. The van der Waals surface area contributed by atoms with Gasteiger partial charge in [-0.25, -0.2) is 0 Å². The molecule has 2 rings (SSSR count). The van der Waals surface area contributed by atoms with Crippen molar-refractivity contribution in [1.29, 1.82) is 0 Å². The van der Waals surface area contributed by atoms with Crippen LogP contribution in [-0.2, 0) is 0 Å². The summed E-state index contributed by atoms with van der Waals surface area (Å²) in [7, 11) is 0. The van der Waals surface area contributed by atoms with Crippen LogP contribution in [0.2, 0.25) is 0 Å². The van der Waals surface area contributed by atoms with Gasteiger partial charge in [0.15, 0.2) is 0 Å². The number of nitrogen functional groups attached to an aromatic ring is 1. The summed E-state index contributed by atoms with van der Waals surface area (Å²) >= 11 is 0. The van der Waals surface area contributed by atoms with Gasteiger partial charge in [0.2, 0.25) is 11.9 Å². The molecule has 0 atom stereocenters. The van der Waals surface area contributed by atoms with Crippen molar-refractivity contribution in [1.82, 2.24) is 15.0 Å². The molecule has 0 aromatic carbocycles. The third kappa shape index (κ3) is 4.19. The first-order valence-electron chi connectivity index (χ1n) is 7.22. The number of nitrogens with two attached hydrogens (primary N) is 1. The lowest BCUT2D eigenvalue weighted by molar-refractivity contribution is 0.0379. The third-order valence-corrected chi connectivity index (χ3v) is 3.52. The average Bonchev–Trinajstić information content (AvgIpc) is 2.62. The zero-order valence-corrected chi connectivity index (χ0v) is 11.9. The largest absolute Gasteiger partial charge is 0.464 e. The van der Waals surface area contributed by atoms with Gasteiger partial charge in [0.1, 0.15) is 0 Å². The maximum absolute atomic E-state index is 10.6. The van der Waals surface area contributed by atoms with E-state index in [4.69, 9.17) is 10.5 Å². The van der Waals surface area contributed by atoms with Crippen LogP contribution in [0, 0.1) is 0 Å². The molecule has 1 heterocycles. The van der Waals surface area contributed by atoms with Crippen molar-refractivity contribution in [2.24, 2.45) is 0 Å². The Morgan fingerprint density at radius 1 is 1.20 bits per heavy atom. The molecule has 1 aromatic heterocycles. The Morgan fingerprint density at radius 2 is 1.90 bits per heavy atom. The Balaban J connectivity index is 1.98. The molecule has 0 aliphatic heterocycles. The molecule has 0 radical (unpaired) electrons. The molecule has 1 aliphatic carbocycles. The number of aliphatic hydroxyl groups is 1. The minimum Gasteiger partial charge on any atom is -0.464 e. The predicted molar refractivity (Wildman–Crippen MR) is 76.5 cm³/mol. The Kier molecular flexibility index (Phi) is 4.94. The highest BCUT2D eigenvalue weighted by Crippen LogP contribution is 2.27. The molecular weight excluding hydrogens is 258 g/mol. The normalized spacial score (nSPS) is 18.3. The molecule has 0 saturated heterocycles. The Bertz CT molecular complexity index is 433. The molecule has 112 valence electrons. The minimum absolute atomic E-state index is 0.110. The lowest BCUT2D eigenvalue weighted by Gasteiger charge is -2.26. The highest BCUT2D eigenvalue weighted by atomic mass is 16.5. The van der Waals surface area contributed by atoms with E-state index in [1.165, 1.54) is 12.8 Å². The first-order valence-corrected chi connectivity index (χ1v) is 7.22. The molecule has 1 aromatic rings. The Labute approximate surface area is 119 Å². The molecule has 7 nitrogen and oxygen atoms in total. The summed E-state index contributed by atoms with van der Waals surface area (Å²) in [5.74, 6) is 0.456. The van der Waals surface area contributed by atoms with Crippen molar-refractivity contribution in [2.75, 3.05) is 24.2 Å². The van der Waals surface area contributed by atoms with E-state index in [0.29, 0.717) is 19.1 Å². The van der Waals surface area contributed by atoms with Gasteiger partial charge in [-0.15, -0.1) is 0 Å². The van der Waals surface area contributed by atoms with Gasteiger partial charge < -0.3 is 20.9 Å². The molecule has 7 heteroatoms. The predicted octanol–water partition coefficient (Wildman–Crippen LogP) is 1.35. The lowest BCUT2D eigenvalue weighted by atomic mass is 9.95. The second-order valence-electron chi connectivity index (χ2n) is 5.22. The van der Waals surface area contributed by atoms with E-state index in [-0.39, 0.29) is 12.0 Å². The summed E-state index contributed by atoms with van der Waals surface area (Å²) in [4.78, 5) is 12.0. The van der Waals surface area contributed by atoms with E-state index in [1.54, 1.807) is 0 Å². The van der Waals surface area contributed by atoms with Gasteiger partial charge >= 0.3 is 6.01 Å². The highest BCUT2D eigenvalue weighted by molar-refractivity contribution is 5.33. The highest BCUT2D eigenvalue weighted by Gasteiger charge is 2.28. The van der Waals surface area contributed by atoms with Crippen LogP contribution in [-0.4, -0.2) is 38.8 Å². The van der Waals surface area contributed by atoms with E-state index in [0.717, 1.165) is 25.7 Å².